The summed E-state index contributed by atoms with van der Waals surface area (Å²) in [6.07, 6.45) is 4.71. The average molecular weight is 259 g/mol. The van der Waals surface area contributed by atoms with E-state index in [0.29, 0.717) is 18.0 Å². The summed E-state index contributed by atoms with van der Waals surface area (Å²) in [6, 6.07) is 0. The molecule has 0 unspecified atom stereocenters. The molecule has 0 bridgehead atoms. The minimum atomic E-state index is -3.55. The average Bonchev–Trinajstić information content (AvgIpc) is 2.71. The Morgan fingerprint density at radius 2 is 2.29 bits per heavy atom. The Morgan fingerprint density at radius 3 is 2.82 bits per heavy atom. The number of nitrogens with one attached hydrogen (secondary N) is 1. The van der Waals surface area contributed by atoms with Gasteiger partial charge < -0.3 is 5.11 Å². The Morgan fingerprint density at radius 1 is 1.59 bits per heavy atom. The lowest BCUT2D eigenvalue weighted by molar-refractivity contribution is 0.261. The molecule has 96 valence electrons. The molecule has 0 saturated heterocycles. The maximum Gasteiger partial charge on any atom is 0.260 e. The van der Waals surface area contributed by atoms with Crippen LogP contribution >= 0.6 is 0 Å². The second-order valence-corrected chi connectivity index (χ2v) is 6.45. The smallest absolute Gasteiger partial charge is 0.260 e. The molecular weight excluding hydrogens is 242 g/mol. The van der Waals surface area contributed by atoms with Gasteiger partial charge in [0.15, 0.2) is 5.03 Å². The number of H-pyrrole nitrogens is 1. The molecule has 0 amide bonds. The number of hydrogen-bond donors (Lipinski definition) is 2. The molecular formula is C10H17N3O3S. The van der Waals surface area contributed by atoms with Crippen LogP contribution < -0.4 is 0 Å². The number of nitrogens with zero attached hydrogens (tertiary/aromatic N) is 2. The molecule has 0 spiro atoms. The molecule has 1 heterocycles. The molecule has 1 aromatic rings. The van der Waals surface area contributed by atoms with Crippen molar-refractivity contribution in [1.29, 1.82) is 0 Å². The summed E-state index contributed by atoms with van der Waals surface area (Å²) in [5.41, 5.74) is 0.311. The highest BCUT2D eigenvalue weighted by Crippen LogP contribution is 2.28. The van der Waals surface area contributed by atoms with E-state index in [1.807, 2.05) is 0 Å². The van der Waals surface area contributed by atoms with E-state index in [1.54, 1.807) is 7.05 Å². The number of sulfonamides is 1. The van der Waals surface area contributed by atoms with E-state index >= 15 is 0 Å². The van der Waals surface area contributed by atoms with Crippen LogP contribution in [0.4, 0.5) is 0 Å². The van der Waals surface area contributed by atoms with Crippen molar-refractivity contribution in [3.05, 3.63) is 11.8 Å². The summed E-state index contributed by atoms with van der Waals surface area (Å²) in [5.74, 6) is 0.468. The second-order valence-electron chi connectivity index (χ2n) is 4.46. The third kappa shape index (κ3) is 2.36. The van der Waals surface area contributed by atoms with Gasteiger partial charge in [-0.05, 0) is 18.8 Å². The largest absolute Gasteiger partial charge is 0.392 e. The van der Waals surface area contributed by atoms with Crippen molar-refractivity contribution in [1.82, 2.24) is 14.5 Å². The fraction of sp³-hybridized carbons (Fsp3) is 0.700. The third-order valence-electron chi connectivity index (χ3n) is 3.26. The van der Waals surface area contributed by atoms with Crippen LogP contribution in [0, 0.1) is 5.92 Å². The number of aliphatic hydroxyl groups excluding tert-OH is 1. The molecule has 2 rings (SSSR count). The van der Waals surface area contributed by atoms with Crippen molar-refractivity contribution in [2.24, 2.45) is 5.92 Å². The molecule has 1 fully saturated rings. The first kappa shape index (κ1) is 12.5. The predicted octanol–water partition coefficient (Wildman–Crippen LogP) is 0.323. The van der Waals surface area contributed by atoms with Gasteiger partial charge in [-0.3, -0.25) is 5.10 Å². The summed E-state index contributed by atoms with van der Waals surface area (Å²) in [5, 5.41) is 15.2. The van der Waals surface area contributed by atoms with Crippen LogP contribution in [0.25, 0.3) is 0 Å². The van der Waals surface area contributed by atoms with E-state index in [1.165, 1.54) is 16.9 Å². The monoisotopic (exact) mass is 259 g/mol. The molecule has 17 heavy (non-hydrogen) atoms. The summed E-state index contributed by atoms with van der Waals surface area (Å²) in [4.78, 5) is 0. The van der Waals surface area contributed by atoms with Crippen LogP contribution in [0.2, 0.25) is 0 Å². The molecule has 0 aromatic carbocycles. The predicted molar refractivity (Wildman–Crippen MR) is 61.7 cm³/mol. The lowest BCUT2D eigenvalue weighted by Gasteiger charge is -2.29. The minimum absolute atomic E-state index is 0.00169. The second kappa shape index (κ2) is 4.75. The molecule has 1 aliphatic rings. The zero-order valence-corrected chi connectivity index (χ0v) is 10.6. The van der Waals surface area contributed by atoms with E-state index in [-0.39, 0.29) is 11.6 Å². The quantitative estimate of drug-likeness (QED) is 0.797. The topological polar surface area (TPSA) is 86.3 Å². The fourth-order valence-electron chi connectivity index (χ4n) is 1.93. The standard InChI is InChI=1S/C10H17N3O3S/c1-13(6-8-3-2-4-8)17(15,16)10-9(7-14)5-11-12-10/h5,8,14H,2-4,6-7H2,1H3,(H,11,12). The van der Waals surface area contributed by atoms with E-state index in [0.717, 1.165) is 12.8 Å². The Hall–Kier alpha value is -0.920. The van der Waals surface area contributed by atoms with Gasteiger partial charge in [0.25, 0.3) is 10.0 Å². The Kier molecular flexibility index (Phi) is 3.50. The summed E-state index contributed by atoms with van der Waals surface area (Å²) >= 11 is 0. The normalized spacial score (nSPS) is 17.4. The molecule has 1 aromatic heterocycles. The molecule has 2 N–H and O–H groups in total. The van der Waals surface area contributed by atoms with E-state index in [4.69, 9.17) is 5.11 Å². The van der Waals surface area contributed by atoms with Crippen LogP contribution in [-0.4, -0.2) is 41.6 Å². The summed E-state index contributed by atoms with van der Waals surface area (Å²) < 4.78 is 25.7. The molecule has 0 radical (unpaired) electrons. The van der Waals surface area contributed by atoms with Gasteiger partial charge >= 0.3 is 0 Å². The molecule has 1 aliphatic carbocycles. The van der Waals surface area contributed by atoms with E-state index < -0.39 is 10.0 Å². The van der Waals surface area contributed by atoms with Crippen LogP contribution in [0.1, 0.15) is 24.8 Å². The summed E-state index contributed by atoms with van der Waals surface area (Å²) in [6.45, 7) is 0.203. The SMILES string of the molecule is CN(CC1CCC1)S(=O)(=O)c1[nH]ncc1CO. The first-order valence-electron chi connectivity index (χ1n) is 5.65. The van der Waals surface area contributed by atoms with Crippen molar-refractivity contribution in [2.45, 2.75) is 30.9 Å². The first-order valence-corrected chi connectivity index (χ1v) is 7.09. The van der Waals surface area contributed by atoms with Gasteiger partial charge in [0.05, 0.1) is 12.8 Å². The maximum atomic E-state index is 12.2. The van der Waals surface area contributed by atoms with E-state index in [9.17, 15) is 8.42 Å². The third-order valence-corrected chi connectivity index (χ3v) is 5.10. The highest BCUT2D eigenvalue weighted by atomic mass is 32.2. The van der Waals surface area contributed by atoms with Crippen molar-refractivity contribution >= 4 is 10.0 Å². The Bertz CT molecular complexity index is 479. The molecule has 6 nitrogen and oxygen atoms in total. The lowest BCUT2D eigenvalue weighted by atomic mass is 9.86. The van der Waals surface area contributed by atoms with Crippen LogP contribution in [-0.2, 0) is 16.6 Å². The highest BCUT2D eigenvalue weighted by molar-refractivity contribution is 7.89. The van der Waals surface area contributed by atoms with Crippen molar-refractivity contribution in [3.63, 3.8) is 0 Å². The van der Waals surface area contributed by atoms with Gasteiger partial charge in [0.2, 0.25) is 0 Å². The van der Waals surface area contributed by atoms with Crippen molar-refractivity contribution < 1.29 is 13.5 Å². The van der Waals surface area contributed by atoms with Gasteiger partial charge in [-0.15, -0.1) is 0 Å². The minimum Gasteiger partial charge on any atom is -0.392 e. The van der Waals surface area contributed by atoms with Crippen LogP contribution in [0.15, 0.2) is 11.2 Å². The molecule has 1 saturated carbocycles. The summed E-state index contributed by atoms with van der Waals surface area (Å²) in [7, 11) is -1.99. The number of rotatable bonds is 5. The van der Waals surface area contributed by atoms with E-state index in [2.05, 4.69) is 10.2 Å². The Labute approximate surface area is 101 Å². The number of aliphatic hydroxyl groups is 1. The van der Waals surface area contributed by atoms with Gasteiger partial charge in [-0.25, -0.2) is 8.42 Å². The van der Waals surface area contributed by atoms with Gasteiger partial charge in [-0.2, -0.15) is 9.40 Å². The number of aromatic nitrogens is 2. The van der Waals surface area contributed by atoms with Crippen LogP contribution in [0.5, 0.6) is 0 Å². The fourth-order valence-corrected chi connectivity index (χ4v) is 3.26. The van der Waals surface area contributed by atoms with Crippen molar-refractivity contribution in [3.8, 4) is 0 Å². The maximum absolute atomic E-state index is 12.2. The zero-order valence-electron chi connectivity index (χ0n) is 9.76. The number of aromatic amines is 1. The molecule has 7 heteroatoms. The van der Waals surface area contributed by atoms with Gasteiger partial charge in [0.1, 0.15) is 0 Å². The van der Waals surface area contributed by atoms with Gasteiger partial charge in [-0.1, -0.05) is 6.42 Å². The Balaban J connectivity index is 2.16. The number of hydrogen-bond acceptors (Lipinski definition) is 4. The first-order chi connectivity index (χ1) is 8.05. The van der Waals surface area contributed by atoms with Crippen LogP contribution in [0.3, 0.4) is 0 Å². The van der Waals surface area contributed by atoms with Crippen molar-refractivity contribution in [2.75, 3.05) is 13.6 Å². The lowest BCUT2D eigenvalue weighted by Crippen LogP contribution is -2.34. The molecule has 0 aliphatic heterocycles. The van der Waals surface area contributed by atoms with Gasteiger partial charge in [0, 0.05) is 19.2 Å². The molecule has 0 atom stereocenters. The zero-order chi connectivity index (χ0) is 12.5. The highest BCUT2D eigenvalue weighted by Gasteiger charge is 2.29.